The summed E-state index contributed by atoms with van der Waals surface area (Å²) in [7, 11) is 1.60. The lowest BCUT2D eigenvalue weighted by molar-refractivity contribution is -0.115. The van der Waals surface area contributed by atoms with Gasteiger partial charge >= 0.3 is 0 Å². The maximum atomic E-state index is 12.7. The van der Waals surface area contributed by atoms with E-state index in [0.717, 1.165) is 11.3 Å². The second-order valence-corrected chi connectivity index (χ2v) is 8.02. The molecule has 156 valence electrons. The van der Waals surface area contributed by atoms with E-state index >= 15 is 0 Å². The number of anilines is 1. The standard InChI is InChI=1S/C23H25N3O3S/c1-4-20(22(28)25-17-10-12-18(29-3)13-11-17)30-23-24-15(2)19(21(27)26-23)14-16-8-6-5-7-9-16/h5-13,20H,4,14H2,1-3H3,(H,25,28)(H,24,26,27). The van der Waals surface area contributed by atoms with E-state index in [4.69, 9.17) is 4.74 Å². The number of hydrogen-bond acceptors (Lipinski definition) is 5. The number of benzene rings is 2. The highest BCUT2D eigenvalue weighted by molar-refractivity contribution is 8.00. The molecule has 0 bridgehead atoms. The normalized spacial score (nSPS) is 11.7. The maximum absolute atomic E-state index is 12.7. The lowest BCUT2D eigenvalue weighted by atomic mass is 10.1. The van der Waals surface area contributed by atoms with Gasteiger partial charge in [0.2, 0.25) is 5.91 Å². The maximum Gasteiger partial charge on any atom is 0.255 e. The number of rotatable bonds is 8. The molecule has 0 saturated heterocycles. The Bertz CT molecular complexity index is 1050. The molecule has 1 aromatic heterocycles. The van der Waals surface area contributed by atoms with Gasteiger partial charge in [-0.25, -0.2) is 4.98 Å². The number of methoxy groups -OCH3 is 1. The average Bonchev–Trinajstić information content (AvgIpc) is 2.75. The summed E-state index contributed by atoms with van der Waals surface area (Å²) in [6.45, 7) is 3.76. The van der Waals surface area contributed by atoms with Crippen molar-refractivity contribution in [3.63, 3.8) is 0 Å². The van der Waals surface area contributed by atoms with Crippen molar-refractivity contribution in [3.05, 3.63) is 81.8 Å². The third kappa shape index (κ3) is 5.51. The van der Waals surface area contributed by atoms with E-state index in [1.807, 2.05) is 44.2 Å². The first-order valence-corrected chi connectivity index (χ1v) is 10.6. The Hall–Kier alpha value is -3.06. The smallest absolute Gasteiger partial charge is 0.255 e. The van der Waals surface area contributed by atoms with Crippen LogP contribution in [0.4, 0.5) is 5.69 Å². The number of ether oxygens (including phenoxy) is 1. The van der Waals surface area contributed by atoms with Crippen LogP contribution in [-0.2, 0) is 11.2 Å². The third-order valence-corrected chi connectivity index (χ3v) is 5.95. The Balaban J connectivity index is 1.71. The number of aryl methyl sites for hydroxylation is 1. The summed E-state index contributed by atoms with van der Waals surface area (Å²) in [6, 6.07) is 17.0. The minimum Gasteiger partial charge on any atom is -0.497 e. The van der Waals surface area contributed by atoms with Gasteiger partial charge in [0.25, 0.3) is 5.56 Å². The summed E-state index contributed by atoms with van der Waals surface area (Å²) in [4.78, 5) is 32.7. The molecule has 1 unspecified atom stereocenters. The lowest BCUT2D eigenvalue weighted by Crippen LogP contribution is -2.26. The van der Waals surface area contributed by atoms with Crippen LogP contribution in [0.5, 0.6) is 5.75 Å². The Morgan fingerprint density at radius 3 is 2.47 bits per heavy atom. The molecule has 1 heterocycles. The average molecular weight is 424 g/mol. The fourth-order valence-corrected chi connectivity index (χ4v) is 3.95. The molecule has 1 amide bonds. The van der Waals surface area contributed by atoms with Gasteiger partial charge in [0.1, 0.15) is 5.75 Å². The molecule has 3 aromatic rings. The van der Waals surface area contributed by atoms with Gasteiger partial charge in [0, 0.05) is 23.4 Å². The highest BCUT2D eigenvalue weighted by Gasteiger charge is 2.20. The lowest BCUT2D eigenvalue weighted by Gasteiger charge is -2.15. The minimum atomic E-state index is -0.380. The molecule has 0 fully saturated rings. The summed E-state index contributed by atoms with van der Waals surface area (Å²) >= 11 is 1.26. The van der Waals surface area contributed by atoms with Crippen molar-refractivity contribution in [2.45, 2.75) is 37.1 Å². The second kappa shape index (κ2) is 10.1. The molecule has 0 aliphatic heterocycles. The van der Waals surface area contributed by atoms with Crippen LogP contribution in [-0.4, -0.2) is 28.2 Å². The second-order valence-electron chi connectivity index (χ2n) is 6.83. The zero-order valence-corrected chi connectivity index (χ0v) is 18.1. The number of aromatic amines is 1. The monoisotopic (exact) mass is 423 g/mol. The first kappa shape index (κ1) is 21.6. The van der Waals surface area contributed by atoms with E-state index in [1.54, 1.807) is 31.4 Å². The summed E-state index contributed by atoms with van der Waals surface area (Å²) in [5, 5.41) is 2.97. The van der Waals surface area contributed by atoms with Crippen LogP contribution >= 0.6 is 11.8 Å². The molecule has 3 rings (SSSR count). The van der Waals surface area contributed by atoms with E-state index in [9.17, 15) is 9.59 Å². The van der Waals surface area contributed by atoms with Gasteiger partial charge in [-0.15, -0.1) is 0 Å². The van der Waals surface area contributed by atoms with Gasteiger partial charge in [-0.2, -0.15) is 0 Å². The van der Waals surface area contributed by atoms with E-state index in [-0.39, 0.29) is 16.7 Å². The van der Waals surface area contributed by atoms with Crippen molar-refractivity contribution in [1.82, 2.24) is 9.97 Å². The largest absolute Gasteiger partial charge is 0.497 e. The van der Waals surface area contributed by atoms with E-state index < -0.39 is 0 Å². The Morgan fingerprint density at radius 1 is 1.17 bits per heavy atom. The first-order chi connectivity index (χ1) is 14.5. The van der Waals surface area contributed by atoms with Gasteiger partial charge < -0.3 is 15.0 Å². The van der Waals surface area contributed by atoms with Gasteiger partial charge in [0.05, 0.1) is 12.4 Å². The molecule has 0 spiro atoms. The number of hydrogen-bond donors (Lipinski definition) is 2. The Labute approximate surface area is 180 Å². The molecule has 2 aromatic carbocycles. The predicted molar refractivity (Wildman–Crippen MR) is 120 cm³/mol. The molecule has 0 aliphatic rings. The third-order valence-electron chi connectivity index (χ3n) is 4.70. The number of aromatic nitrogens is 2. The SMILES string of the molecule is CCC(Sc1nc(C)c(Cc2ccccc2)c(=O)[nH]1)C(=O)Nc1ccc(OC)cc1. The van der Waals surface area contributed by atoms with Crippen molar-refractivity contribution in [3.8, 4) is 5.75 Å². The Kier molecular flexibility index (Phi) is 7.30. The molecule has 0 aliphatic carbocycles. The number of amides is 1. The van der Waals surface area contributed by atoms with Crippen molar-refractivity contribution in [2.75, 3.05) is 12.4 Å². The quantitative estimate of drug-likeness (QED) is 0.419. The fourth-order valence-electron chi connectivity index (χ4n) is 3.00. The number of H-pyrrole nitrogens is 1. The van der Waals surface area contributed by atoms with Crippen LogP contribution in [0.3, 0.4) is 0 Å². The highest BCUT2D eigenvalue weighted by Crippen LogP contribution is 2.24. The summed E-state index contributed by atoms with van der Waals surface area (Å²) in [5.41, 5.74) is 2.89. The predicted octanol–water partition coefficient (Wildman–Crippen LogP) is 4.19. The Morgan fingerprint density at radius 2 is 1.87 bits per heavy atom. The molecule has 0 saturated carbocycles. The molecular weight excluding hydrogens is 398 g/mol. The van der Waals surface area contributed by atoms with Gasteiger partial charge in [-0.1, -0.05) is 49.0 Å². The molecule has 6 nitrogen and oxygen atoms in total. The number of carbonyl (C=O) groups excluding carboxylic acids is 1. The first-order valence-electron chi connectivity index (χ1n) is 9.75. The van der Waals surface area contributed by atoms with E-state index in [2.05, 4.69) is 15.3 Å². The van der Waals surface area contributed by atoms with Crippen LogP contribution in [0.25, 0.3) is 0 Å². The van der Waals surface area contributed by atoms with Crippen LogP contribution in [0.15, 0.2) is 64.5 Å². The molecular formula is C23H25N3O3S. The topological polar surface area (TPSA) is 84.1 Å². The van der Waals surface area contributed by atoms with Crippen LogP contribution in [0.1, 0.15) is 30.2 Å². The number of nitrogens with zero attached hydrogens (tertiary/aromatic N) is 1. The fraction of sp³-hybridized carbons (Fsp3) is 0.261. The summed E-state index contributed by atoms with van der Waals surface area (Å²) < 4.78 is 5.13. The minimum absolute atomic E-state index is 0.138. The van der Waals surface area contributed by atoms with Crippen molar-refractivity contribution in [1.29, 1.82) is 0 Å². The van der Waals surface area contributed by atoms with Gasteiger partial charge in [-0.05, 0) is 43.2 Å². The van der Waals surface area contributed by atoms with Crippen LogP contribution in [0, 0.1) is 6.92 Å². The number of thioether (sulfide) groups is 1. The molecule has 0 radical (unpaired) electrons. The number of carbonyl (C=O) groups is 1. The zero-order valence-electron chi connectivity index (χ0n) is 17.3. The summed E-state index contributed by atoms with van der Waals surface area (Å²) in [5.74, 6) is 0.587. The molecule has 2 N–H and O–H groups in total. The molecule has 30 heavy (non-hydrogen) atoms. The van der Waals surface area contributed by atoms with E-state index in [0.29, 0.717) is 34.9 Å². The van der Waals surface area contributed by atoms with Gasteiger partial charge in [-0.3, -0.25) is 9.59 Å². The molecule has 1 atom stereocenters. The zero-order chi connectivity index (χ0) is 21.5. The summed E-state index contributed by atoms with van der Waals surface area (Å²) in [6.07, 6.45) is 1.12. The molecule has 7 heteroatoms. The van der Waals surface area contributed by atoms with Gasteiger partial charge in [0.15, 0.2) is 5.16 Å². The van der Waals surface area contributed by atoms with E-state index in [1.165, 1.54) is 11.8 Å². The van der Waals surface area contributed by atoms with Crippen molar-refractivity contribution >= 4 is 23.4 Å². The van der Waals surface area contributed by atoms with Crippen LogP contribution < -0.4 is 15.6 Å². The van der Waals surface area contributed by atoms with Crippen molar-refractivity contribution < 1.29 is 9.53 Å². The number of nitrogens with one attached hydrogen (secondary N) is 2. The van der Waals surface area contributed by atoms with Crippen molar-refractivity contribution in [2.24, 2.45) is 0 Å². The highest BCUT2D eigenvalue weighted by atomic mass is 32.2. The van der Waals surface area contributed by atoms with Crippen LogP contribution in [0.2, 0.25) is 0 Å².